The molecule has 0 aliphatic heterocycles. The Balaban J connectivity index is 1.79. The molecule has 1 aromatic heterocycles. The Labute approximate surface area is 119 Å². The van der Waals surface area contributed by atoms with E-state index < -0.39 is 0 Å². The maximum absolute atomic E-state index is 12.4. The zero-order valence-electron chi connectivity index (χ0n) is 11.8. The first kappa shape index (κ1) is 12.9. The van der Waals surface area contributed by atoms with Crippen LogP contribution in [0, 0.1) is 13.8 Å². The number of fused-ring (bicyclic) bond motifs is 1. The lowest BCUT2D eigenvalue weighted by Crippen LogP contribution is -2.19. The van der Waals surface area contributed by atoms with Gasteiger partial charge in [-0.2, -0.15) is 0 Å². The second-order valence-electron chi connectivity index (χ2n) is 5.41. The van der Waals surface area contributed by atoms with E-state index in [-0.39, 0.29) is 11.8 Å². The zero-order valence-corrected chi connectivity index (χ0v) is 11.8. The summed E-state index contributed by atoms with van der Waals surface area (Å²) < 4.78 is 0. The number of aryl methyl sites for hydroxylation is 3. The third-order valence-corrected chi connectivity index (χ3v) is 4.06. The normalized spacial score (nSPS) is 16.8. The molecule has 0 saturated heterocycles. The number of carbonyl (C=O) groups excluding carboxylic acids is 1. The molecule has 3 nitrogen and oxygen atoms in total. The maximum Gasteiger partial charge on any atom is 0.231 e. The molecule has 20 heavy (non-hydrogen) atoms. The molecule has 0 unspecified atom stereocenters. The Bertz CT molecular complexity index is 664. The van der Waals surface area contributed by atoms with Gasteiger partial charge in [0.25, 0.3) is 0 Å². The van der Waals surface area contributed by atoms with E-state index in [0.717, 1.165) is 29.8 Å². The molecule has 2 aromatic rings. The molecule has 0 saturated carbocycles. The van der Waals surface area contributed by atoms with Gasteiger partial charge in [-0.15, -0.1) is 0 Å². The van der Waals surface area contributed by atoms with E-state index in [9.17, 15) is 4.79 Å². The first-order valence-electron chi connectivity index (χ1n) is 6.97. The Hall–Kier alpha value is -2.16. The number of amides is 1. The summed E-state index contributed by atoms with van der Waals surface area (Å²) in [5, 5.41) is 2.99. The highest BCUT2D eigenvalue weighted by atomic mass is 16.1. The van der Waals surface area contributed by atoms with Crippen molar-refractivity contribution in [2.45, 2.75) is 32.6 Å². The van der Waals surface area contributed by atoms with Gasteiger partial charge in [-0.1, -0.05) is 24.3 Å². The van der Waals surface area contributed by atoms with Gasteiger partial charge in [-0.3, -0.25) is 9.78 Å². The van der Waals surface area contributed by atoms with Crippen LogP contribution in [0.1, 0.15) is 34.7 Å². The summed E-state index contributed by atoms with van der Waals surface area (Å²) in [5.74, 6) is 0.0350. The molecular formula is C17H18N2O. The van der Waals surface area contributed by atoms with Crippen LogP contribution >= 0.6 is 0 Å². The summed E-state index contributed by atoms with van der Waals surface area (Å²) in [4.78, 5) is 16.7. The van der Waals surface area contributed by atoms with Crippen molar-refractivity contribution in [1.82, 2.24) is 4.98 Å². The van der Waals surface area contributed by atoms with Gasteiger partial charge >= 0.3 is 0 Å². The topological polar surface area (TPSA) is 42.0 Å². The monoisotopic (exact) mass is 266 g/mol. The number of hydrogen-bond acceptors (Lipinski definition) is 2. The van der Waals surface area contributed by atoms with Crippen molar-refractivity contribution in [3.05, 3.63) is 58.9 Å². The zero-order chi connectivity index (χ0) is 14.1. The smallest absolute Gasteiger partial charge is 0.231 e. The number of benzene rings is 1. The Kier molecular flexibility index (Phi) is 3.26. The molecule has 1 atom stereocenters. The minimum atomic E-state index is -0.0344. The summed E-state index contributed by atoms with van der Waals surface area (Å²) in [5.41, 5.74) is 5.33. The molecule has 1 aliphatic rings. The second kappa shape index (κ2) is 5.08. The van der Waals surface area contributed by atoms with Gasteiger partial charge in [0, 0.05) is 5.69 Å². The van der Waals surface area contributed by atoms with Crippen molar-refractivity contribution in [2.24, 2.45) is 0 Å². The van der Waals surface area contributed by atoms with Gasteiger partial charge < -0.3 is 5.32 Å². The first-order chi connectivity index (χ1) is 9.65. The standard InChI is InChI=1S/C17H18N2O/c1-11-9-14(10-18-12(11)2)19-17(20)16-8-7-13-5-3-4-6-15(13)16/h3-6,9-10,16H,7-8H2,1-2H3,(H,19,20)/t16-/m1/s1. The Morgan fingerprint density at radius 2 is 2.10 bits per heavy atom. The van der Waals surface area contributed by atoms with Crippen LogP contribution in [0.15, 0.2) is 36.5 Å². The molecule has 0 spiro atoms. The number of nitrogens with zero attached hydrogens (tertiary/aromatic N) is 1. The van der Waals surface area contributed by atoms with E-state index in [1.165, 1.54) is 11.1 Å². The summed E-state index contributed by atoms with van der Waals surface area (Å²) in [6.45, 7) is 3.97. The summed E-state index contributed by atoms with van der Waals surface area (Å²) in [7, 11) is 0. The van der Waals surface area contributed by atoms with Crippen molar-refractivity contribution >= 4 is 11.6 Å². The first-order valence-corrected chi connectivity index (χ1v) is 6.97. The minimum absolute atomic E-state index is 0.0344. The van der Waals surface area contributed by atoms with Crippen LogP contribution in [0.3, 0.4) is 0 Å². The van der Waals surface area contributed by atoms with E-state index in [1.807, 2.05) is 32.0 Å². The van der Waals surface area contributed by atoms with E-state index in [2.05, 4.69) is 22.4 Å². The van der Waals surface area contributed by atoms with Crippen molar-refractivity contribution in [2.75, 3.05) is 5.32 Å². The van der Waals surface area contributed by atoms with Gasteiger partial charge in [0.1, 0.15) is 0 Å². The molecule has 0 bridgehead atoms. The van der Waals surface area contributed by atoms with Crippen LogP contribution in [0.25, 0.3) is 0 Å². The predicted molar refractivity (Wildman–Crippen MR) is 79.8 cm³/mol. The Morgan fingerprint density at radius 1 is 1.30 bits per heavy atom. The fraction of sp³-hybridized carbons (Fsp3) is 0.294. The molecule has 3 heteroatoms. The van der Waals surface area contributed by atoms with E-state index in [0.29, 0.717) is 0 Å². The predicted octanol–water partition coefficient (Wildman–Crippen LogP) is 3.37. The van der Waals surface area contributed by atoms with Crippen LogP contribution in [-0.2, 0) is 11.2 Å². The van der Waals surface area contributed by atoms with E-state index in [4.69, 9.17) is 0 Å². The molecule has 1 aliphatic carbocycles. The fourth-order valence-corrected chi connectivity index (χ4v) is 2.77. The summed E-state index contributed by atoms with van der Waals surface area (Å²) >= 11 is 0. The van der Waals surface area contributed by atoms with Crippen LogP contribution in [-0.4, -0.2) is 10.9 Å². The van der Waals surface area contributed by atoms with Crippen molar-refractivity contribution < 1.29 is 4.79 Å². The second-order valence-corrected chi connectivity index (χ2v) is 5.41. The lowest BCUT2D eigenvalue weighted by molar-refractivity contribution is -0.117. The number of anilines is 1. The number of nitrogens with one attached hydrogen (secondary N) is 1. The van der Waals surface area contributed by atoms with Gasteiger partial charge in [-0.05, 0) is 49.4 Å². The Morgan fingerprint density at radius 3 is 2.90 bits per heavy atom. The van der Waals surface area contributed by atoms with Crippen molar-refractivity contribution in [1.29, 1.82) is 0 Å². The molecule has 1 aromatic carbocycles. The molecule has 1 amide bonds. The molecule has 1 heterocycles. The highest BCUT2D eigenvalue weighted by Crippen LogP contribution is 2.33. The fourth-order valence-electron chi connectivity index (χ4n) is 2.77. The molecule has 0 radical (unpaired) electrons. The molecule has 0 fully saturated rings. The number of carbonyl (C=O) groups is 1. The van der Waals surface area contributed by atoms with Crippen LogP contribution in [0.4, 0.5) is 5.69 Å². The van der Waals surface area contributed by atoms with E-state index in [1.54, 1.807) is 6.20 Å². The maximum atomic E-state index is 12.4. The molecule has 1 N–H and O–H groups in total. The molecular weight excluding hydrogens is 248 g/mol. The van der Waals surface area contributed by atoms with Gasteiger partial charge in [-0.25, -0.2) is 0 Å². The quantitative estimate of drug-likeness (QED) is 0.905. The summed E-state index contributed by atoms with van der Waals surface area (Å²) in [6, 6.07) is 10.2. The highest BCUT2D eigenvalue weighted by molar-refractivity contribution is 5.96. The molecule has 3 rings (SSSR count). The third-order valence-electron chi connectivity index (χ3n) is 4.06. The summed E-state index contributed by atoms with van der Waals surface area (Å²) in [6.07, 6.45) is 3.60. The van der Waals surface area contributed by atoms with Gasteiger partial charge in [0.05, 0.1) is 17.8 Å². The van der Waals surface area contributed by atoms with Crippen LogP contribution in [0.2, 0.25) is 0 Å². The number of hydrogen-bond donors (Lipinski definition) is 1. The minimum Gasteiger partial charge on any atom is -0.324 e. The van der Waals surface area contributed by atoms with Gasteiger partial charge in [0.2, 0.25) is 5.91 Å². The number of aromatic nitrogens is 1. The van der Waals surface area contributed by atoms with Crippen molar-refractivity contribution in [3.63, 3.8) is 0 Å². The largest absolute Gasteiger partial charge is 0.324 e. The average molecular weight is 266 g/mol. The number of pyridine rings is 1. The molecule has 102 valence electrons. The van der Waals surface area contributed by atoms with Gasteiger partial charge in [0.15, 0.2) is 0 Å². The third kappa shape index (κ3) is 2.31. The lowest BCUT2D eigenvalue weighted by Gasteiger charge is -2.13. The van der Waals surface area contributed by atoms with Crippen molar-refractivity contribution in [3.8, 4) is 0 Å². The SMILES string of the molecule is Cc1cc(NC(=O)[C@@H]2CCc3ccccc32)cnc1C. The van der Waals surface area contributed by atoms with E-state index >= 15 is 0 Å². The lowest BCUT2D eigenvalue weighted by atomic mass is 10.0. The number of rotatable bonds is 2. The average Bonchev–Trinajstić information content (AvgIpc) is 2.87. The highest BCUT2D eigenvalue weighted by Gasteiger charge is 2.28. The van der Waals surface area contributed by atoms with Crippen LogP contribution in [0.5, 0.6) is 0 Å². The van der Waals surface area contributed by atoms with Crippen LogP contribution < -0.4 is 5.32 Å².